The Morgan fingerprint density at radius 1 is 0.935 bits per heavy atom. The highest BCUT2D eigenvalue weighted by molar-refractivity contribution is 5.79. The number of benzene rings is 2. The molecule has 0 amide bonds. The number of nitrogens with one attached hydrogen (secondary N) is 2. The van der Waals surface area contributed by atoms with E-state index in [0.29, 0.717) is 42.7 Å². The lowest BCUT2D eigenvalue weighted by Gasteiger charge is -2.14. The number of nitrogens with zero attached hydrogens (tertiary/aromatic N) is 1. The molecule has 0 atom stereocenters. The molecule has 0 spiro atoms. The minimum absolute atomic E-state index is 0.0813. The molecule has 9 heteroatoms. The molecule has 0 radical (unpaired) electrons. The van der Waals surface area contributed by atoms with Crippen LogP contribution in [0.5, 0.6) is 11.5 Å². The van der Waals surface area contributed by atoms with Crippen LogP contribution in [0.25, 0.3) is 0 Å². The summed E-state index contributed by atoms with van der Waals surface area (Å²) in [5, 5.41) is 6.44. The monoisotopic (exact) mass is 439 g/mol. The summed E-state index contributed by atoms with van der Waals surface area (Å²) in [6, 6.07) is 12.9. The second-order valence-electron chi connectivity index (χ2n) is 6.62. The van der Waals surface area contributed by atoms with Crippen molar-refractivity contribution in [1.82, 2.24) is 10.6 Å². The Bertz CT molecular complexity index is 840. The van der Waals surface area contributed by atoms with E-state index in [0.717, 1.165) is 11.1 Å². The van der Waals surface area contributed by atoms with Crippen LogP contribution >= 0.6 is 0 Å². The molecule has 170 valence electrons. The largest absolute Gasteiger partial charge is 0.493 e. The summed E-state index contributed by atoms with van der Waals surface area (Å²) in [5.74, 6) is 1.98. The van der Waals surface area contributed by atoms with Crippen molar-refractivity contribution >= 4 is 5.96 Å². The molecule has 0 bridgehead atoms. The van der Waals surface area contributed by atoms with Gasteiger partial charge in [-0.25, -0.2) is 0 Å². The van der Waals surface area contributed by atoms with Crippen LogP contribution in [0.15, 0.2) is 47.5 Å². The van der Waals surface area contributed by atoms with Gasteiger partial charge in [0.25, 0.3) is 0 Å². The first-order valence-electron chi connectivity index (χ1n) is 9.81. The molecule has 0 fully saturated rings. The lowest BCUT2D eigenvalue weighted by atomic mass is 10.1. The first-order valence-corrected chi connectivity index (χ1v) is 9.81. The van der Waals surface area contributed by atoms with Crippen LogP contribution in [0.1, 0.15) is 23.6 Å². The second-order valence-corrected chi connectivity index (χ2v) is 6.62. The van der Waals surface area contributed by atoms with Crippen LogP contribution in [-0.4, -0.2) is 39.5 Å². The number of halogens is 3. The summed E-state index contributed by atoms with van der Waals surface area (Å²) in [4.78, 5) is 4.20. The van der Waals surface area contributed by atoms with Gasteiger partial charge >= 0.3 is 6.18 Å². The zero-order valence-electron chi connectivity index (χ0n) is 17.9. The van der Waals surface area contributed by atoms with Crippen molar-refractivity contribution in [3.05, 3.63) is 59.2 Å². The highest BCUT2D eigenvalue weighted by Crippen LogP contribution is 2.28. The number of alkyl halides is 3. The molecule has 0 unspecified atom stereocenters. The Kier molecular flexibility index (Phi) is 9.45. The fourth-order valence-corrected chi connectivity index (χ4v) is 2.73. The van der Waals surface area contributed by atoms with Crippen molar-refractivity contribution in [2.24, 2.45) is 4.99 Å². The van der Waals surface area contributed by atoms with Crippen molar-refractivity contribution in [3.8, 4) is 11.5 Å². The molecule has 2 aromatic rings. The van der Waals surface area contributed by atoms with Gasteiger partial charge in [0.2, 0.25) is 0 Å². The average molecular weight is 439 g/mol. The van der Waals surface area contributed by atoms with Crippen LogP contribution in [-0.2, 0) is 24.4 Å². The van der Waals surface area contributed by atoms with Gasteiger partial charge in [0.05, 0.1) is 20.3 Å². The van der Waals surface area contributed by atoms with Gasteiger partial charge in [0, 0.05) is 20.1 Å². The van der Waals surface area contributed by atoms with E-state index in [9.17, 15) is 13.2 Å². The molecule has 2 rings (SSSR count). The first-order chi connectivity index (χ1) is 14.8. The quantitative estimate of drug-likeness (QED) is 0.432. The summed E-state index contributed by atoms with van der Waals surface area (Å²) in [6.45, 7) is 2.18. The fourth-order valence-electron chi connectivity index (χ4n) is 2.73. The zero-order valence-corrected chi connectivity index (χ0v) is 17.9. The molecular formula is C22H28F3N3O3. The lowest BCUT2D eigenvalue weighted by Crippen LogP contribution is -2.36. The summed E-state index contributed by atoms with van der Waals surface area (Å²) < 4.78 is 51.9. The molecule has 2 aromatic carbocycles. The number of rotatable bonds is 10. The van der Waals surface area contributed by atoms with E-state index in [2.05, 4.69) is 20.4 Å². The number of guanidine groups is 1. The van der Waals surface area contributed by atoms with Crippen LogP contribution in [0.2, 0.25) is 0 Å². The predicted octanol–water partition coefficient (Wildman–Crippen LogP) is 4.04. The summed E-state index contributed by atoms with van der Waals surface area (Å²) in [6.07, 6.45) is -4.32. The van der Waals surface area contributed by atoms with Gasteiger partial charge < -0.3 is 24.8 Å². The third-order valence-electron chi connectivity index (χ3n) is 4.23. The minimum atomic E-state index is -4.32. The van der Waals surface area contributed by atoms with Crippen molar-refractivity contribution < 1.29 is 27.4 Å². The molecule has 0 saturated heterocycles. The van der Waals surface area contributed by atoms with Gasteiger partial charge in [-0.1, -0.05) is 30.3 Å². The molecular weight excluding hydrogens is 411 g/mol. The number of hydrogen-bond donors (Lipinski definition) is 2. The summed E-state index contributed by atoms with van der Waals surface area (Å²) in [7, 11) is 3.28. The molecule has 0 aromatic heterocycles. The molecule has 31 heavy (non-hydrogen) atoms. The zero-order chi connectivity index (χ0) is 22.7. The van der Waals surface area contributed by atoms with E-state index < -0.39 is 12.8 Å². The van der Waals surface area contributed by atoms with Gasteiger partial charge in [-0.05, 0) is 35.7 Å². The third kappa shape index (κ3) is 8.75. The number of hydrogen-bond acceptors (Lipinski definition) is 4. The molecule has 0 aliphatic heterocycles. The maximum Gasteiger partial charge on any atom is 0.411 e. The highest BCUT2D eigenvalue weighted by atomic mass is 19.4. The molecule has 0 aliphatic rings. The van der Waals surface area contributed by atoms with Crippen LogP contribution < -0.4 is 20.1 Å². The Balaban J connectivity index is 1.82. The predicted molar refractivity (Wildman–Crippen MR) is 113 cm³/mol. The SMILES string of the molecule is CCOc1cc(CNC(=NC)NCc2ccc(COCC(F)(F)F)cc2)ccc1OC. The van der Waals surface area contributed by atoms with E-state index in [1.807, 2.05) is 37.3 Å². The fraction of sp³-hybridized carbons (Fsp3) is 0.409. The van der Waals surface area contributed by atoms with Crippen molar-refractivity contribution in [2.75, 3.05) is 27.4 Å². The normalized spacial score (nSPS) is 11.9. The van der Waals surface area contributed by atoms with Gasteiger partial charge in [-0.15, -0.1) is 0 Å². The Hall–Kier alpha value is -2.94. The van der Waals surface area contributed by atoms with E-state index in [1.54, 1.807) is 26.3 Å². The summed E-state index contributed by atoms with van der Waals surface area (Å²) >= 11 is 0. The molecule has 2 N–H and O–H groups in total. The number of methoxy groups -OCH3 is 1. The first kappa shape index (κ1) is 24.3. The lowest BCUT2D eigenvalue weighted by molar-refractivity contribution is -0.176. The molecule has 0 aliphatic carbocycles. The van der Waals surface area contributed by atoms with Crippen molar-refractivity contribution in [3.63, 3.8) is 0 Å². The molecule has 6 nitrogen and oxygen atoms in total. The number of aliphatic imine (C=N–C) groups is 1. The molecule has 0 heterocycles. The van der Waals surface area contributed by atoms with E-state index in [4.69, 9.17) is 9.47 Å². The van der Waals surface area contributed by atoms with Crippen LogP contribution in [0.3, 0.4) is 0 Å². The second kappa shape index (κ2) is 12.0. The third-order valence-corrected chi connectivity index (χ3v) is 4.23. The Morgan fingerprint density at radius 3 is 2.13 bits per heavy atom. The van der Waals surface area contributed by atoms with E-state index in [-0.39, 0.29) is 6.61 Å². The van der Waals surface area contributed by atoms with Crippen molar-refractivity contribution in [2.45, 2.75) is 32.8 Å². The van der Waals surface area contributed by atoms with E-state index in [1.165, 1.54) is 0 Å². The van der Waals surface area contributed by atoms with E-state index >= 15 is 0 Å². The smallest absolute Gasteiger partial charge is 0.411 e. The van der Waals surface area contributed by atoms with Gasteiger partial charge in [-0.3, -0.25) is 4.99 Å². The van der Waals surface area contributed by atoms with Crippen LogP contribution in [0, 0.1) is 0 Å². The topological polar surface area (TPSA) is 64.1 Å². The Labute approximate surface area is 180 Å². The number of ether oxygens (including phenoxy) is 3. The standard InChI is InChI=1S/C22H28F3N3O3/c1-4-31-20-11-18(9-10-19(20)29-3)13-28-21(26-2)27-12-16-5-7-17(8-6-16)14-30-15-22(23,24)25/h5-11H,4,12-15H2,1-3H3,(H2,26,27,28). The maximum absolute atomic E-state index is 12.1. The van der Waals surface area contributed by atoms with Gasteiger partial charge in [0.15, 0.2) is 17.5 Å². The van der Waals surface area contributed by atoms with Crippen molar-refractivity contribution in [1.29, 1.82) is 0 Å². The minimum Gasteiger partial charge on any atom is -0.493 e. The Morgan fingerprint density at radius 2 is 1.55 bits per heavy atom. The maximum atomic E-state index is 12.1. The van der Waals surface area contributed by atoms with Gasteiger partial charge in [0.1, 0.15) is 6.61 Å². The van der Waals surface area contributed by atoms with Gasteiger partial charge in [-0.2, -0.15) is 13.2 Å². The highest BCUT2D eigenvalue weighted by Gasteiger charge is 2.27. The molecule has 0 saturated carbocycles. The van der Waals surface area contributed by atoms with Crippen LogP contribution in [0.4, 0.5) is 13.2 Å². The average Bonchev–Trinajstić information content (AvgIpc) is 2.74. The summed E-state index contributed by atoms with van der Waals surface area (Å²) in [5.41, 5.74) is 2.65.